The summed E-state index contributed by atoms with van der Waals surface area (Å²) in [6.07, 6.45) is 3.88. The predicted octanol–water partition coefficient (Wildman–Crippen LogP) is 4.49. The summed E-state index contributed by atoms with van der Waals surface area (Å²) in [6, 6.07) is 10.9. The largest absolute Gasteiger partial charge is 0.495 e. The number of anilines is 1. The van der Waals surface area contributed by atoms with E-state index in [0.29, 0.717) is 11.6 Å². The fourth-order valence-corrected chi connectivity index (χ4v) is 8.22. The molecule has 1 saturated heterocycles. The van der Waals surface area contributed by atoms with E-state index in [9.17, 15) is 4.39 Å². The Bertz CT molecular complexity index is 1310. The number of pyridine rings is 1. The van der Waals surface area contributed by atoms with Gasteiger partial charge in [-0.05, 0) is 64.0 Å². The quantitative estimate of drug-likeness (QED) is 0.339. The summed E-state index contributed by atoms with van der Waals surface area (Å²) in [5.41, 5.74) is 4.78. The van der Waals surface area contributed by atoms with Gasteiger partial charge in [0.05, 0.1) is 33.0 Å². The summed E-state index contributed by atoms with van der Waals surface area (Å²) in [4.78, 5) is 6.94. The number of ether oxygens (including phenoxy) is 1. The second kappa shape index (κ2) is 9.42. The molecule has 0 N–H and O–H groups in total. The van der Waals surface area contributed by atoms with Crippen LogP contribution in [-0.4, -0.2) is 40.3 Å². The summed E-state index contributed by atoms with van der Waals surface area (Å²) in [7, 11) is 1.69. The van der Waals surface area contributed by atoms with Crippen molar-refractivity contribution in [2.45, 2.75) is 39.2 Å². The van der Waals surface area contributed by atoms with Crippen LogP contribution in [0.15, 0.2) is 42.6 Å². The smallest absolute Gasteiger partial charge is 0.147 e. The minimum atomic E-state index is -0.589. The van der Waals surface area contributed by atoms with Crippen LogP contribution in [0.1, 0.15) is 42.8 Å². The fourth-order valence-electron chi connectivity index (χ4n) is 4.66. The van der Waals surface area contributed by atoms with E-state index in [-0.39, 0.29) is 5.82 Å². The number of aromatic nitrogens is 3. The van der Waals surface area contributed by atoms with Crippen molar-refractivity contribution >= 4 is 32.4 Å². The number of piperidine rings is 1. The minimum absolute atomic E-state index is 0.178. The van der Waals surface area contributed by atoms with Crippen molar-refractivity contribution in [2.24, 2.45) is 0 Å². The first kappa shape index (κ1) is 22.3. The topological polar surface area (TPSA) is 54.4 Å². The predicted molar refractivity (Wildman–Crippen MR) is 135 cm³/mol. The summed E-state index contributed by atoms with van der Waals surface area (Å²) in [5.74, 6) is 1.04. The van der Waals surface area contributed by atoms with Crippen molar-refractivity contribution in [2.75, 3.05) is 23.3 Å². The van der Waals surface area contributed by atoms with E-state index in [1.807, 2.05) is 37.4 Å². The van der Waals surface area contributed by atoms with E-state index in [2.05, 4.69) is 30.1 Å². The molecule has 0 radical (unpaired) electrons. The number of hydrogen-bond acceptors (Lipinski definition) is 6. The molecule has 2 aliphatic rings. The first-order valence-corrected chi connectivity index (χ1v) is 13.2. The van der Waals surface area contributed by atoms with Crippen LogP contribution >= 0.6 is 21.0 Å². The Morgan fingerprint density at radius 3 is 2.64 bits per heavy atom. The Labute approximate surface area is 203 Å². The maximum Gasteiger partial charge on any atom is 0.147 e. The molecule has 5 rings (SSSR count). The molecule has 1 fully saturated rings. The van der Waals surface area contributed by atoms with E-state index in [1.165, 1.54) is 14.4 Å². The van der Waals surface area contributed by atoms with Crippen molar-refractivity contribution in [1.29, 1.82) is 0 Å². The highest BCUT2D eigenvalue weighted by Crippen LogP contribution is 2.37. The van der Waals surface area contributed by atoms with Crippen LogP contribution in [0.4, 0.5) is 10.1 Å². The van der Waals surface area contributed by atoms with Crippen LogP contribution in [-0.2, 0) is 6.54 Å². The van der Waals surface area contributed by atoms with Crippen LogP contribution in [0.3, 0.4) is 0 Å². The number of likely N-dealkylation sites (tertiary alicyclic amines) is 1. The zero-order chi connectivity index (χ0) is 22.9. The minimum Gasteiger partial charge on any atom is -0.495 e. The molecule has 172 valence electrons. The molecule has 0 aliphatic carbocycles. The van der Waals surface area contributed by atoms with Gasteiger partial charge >= 0.3 is 0 Å². The number of para-hydroxylation sites is 1. The highest BCUT2D eigenvalue weighted by molar-refractivity contribution is 14.2. The highest BCUT2D eigenvalue weighted by atomic mass is 127. The van der Waals surface area contributed by atoms with Gasteiger partial charge in [0.2, 0.25) is 0 Å². The summed E-state index contributed by atoms with van der Waals surface area (Å²) < 4.78 is 23.5. The third-order valence-corrected chi connectivity index (χ3v) is 9.72. The van der Waals surface area contributed by atoms with Gasteiger partial charge in [0.15, 0.2) is 0 Å². The molecule has 4 heterocycles. The maximum absolute atomic E-state index is 14.6. The number of benzene rings is 1. The molecular formula is C25H27FIN5O. The zero-order valence-electron chi connectivity index (χ0n) is 19.1. The number of fused-ring (bicyclic) bond motifs is 1. The second-order valence-electron chi connectivity index (χ2n) is 8.46. The molecule has 0 bridgehead atoms. The Balaban J connectivity index is 1.40. The molecule has 6 nitrogen and oxygen atoms in total. The van der Waals surface area contributed by atoms with Crippen LogP contribution < -0.4 is 13.1 Å². The number of halogens is 2. The normalized spacial score (nSPS) is 16.8. The van der Waals surface area contributed by atoms with Gasteiger partial charge in [-0.2, -0.15) is 10.2 Å². The second-order valence-corrected chi connectivity index (χ2v) is 11.0. The first-order valence-electron chi connectivity index (χ1n) is 11.2. The summed E-state index contributed by atoms with van der Waals surface area (Å²) in [6.45, 7) is 6.84. The van der Waals surface area contributed by atoms with Crippen molar-refractivity contribution in [1.82, 2.24) is 20.1 Å². The van der Waals surface area contributed by atoms with E-state index in [0.717, 1.165) is 61.0 Å². The molecule has 33 heavy (non-hydrogen) atoms. The molecule has 0 amide bonds. The van der Waals surface area contributed by atoms with Crippen LogP contribution in [0.25, 0.3) is 5.70 Å². The molecule has 2 aliphatic heterocycles. The molecule has 2 aromatic heterocycles. The number of nitrogens with zero attached hydrogens (tertiary/aromatic N) is 5. The molecule has 1 aromatic carbocycles. The number of hydrogen-bond donors (Lipinski definition) is 0. The van der Waals surface area contributed by atoms with Crippen LogP contribution in [0.5, 0.6) is 5.75 Å². The van der Waals surface area contributed by atoms with E-state index in [1.54, 1.807) is 13.2 Å². The number of rotatable bonds is 5. The van der Waals surface area contributed by atoms with Gasteiger partial charge in [-0.15, -0.1) is 0 Å². The molecule has 0 unspecified atom stereocenters. The molecular weight excluding hydrogens is 532 g/mol. The zero-order valence-corrected chi connectivity index (χ0v) is 21.2. The van der Waals surface area contributed by atoms with Gasteiger partial charge in [-0.25, -0.2) is 4.39 Å². The monoisotopic (exact) mass is 559 g/mol. The van der Waals surface area contributed by atoms with Gasteiger partial charge in [-0.1, -0.05) is 12.1 Å². The lowest BCUT2D eigenvalue weighted by atomic mass is 9.92. The third kappa shape index (κ3) is 4.26. The Kier molecular flexibility index (Phi) is 6.38. The van der Waals surface area contributed by atoms with Crippen LogP contribution in [0.2, 0.25) is 0 Å². The van der Waals surface area contributed by atoms with E-state index in [4.69, 9.17) is 4.74 Å². The third-order valence-electron chi connectivity index (χ3n) is 6.42. The van der Waals surface area contributed by atoms with Crippen LogP contribution in [0, 0.1) is 15.9 Å². The van der Waals surface area contributed by atoms with Crippen molar-refractivity contribution < 1.29 is 9.13 Å². The van der Waals surface area contributed by atoms with E-state index < -0.39 is 21.0 Å². The van der Waals surface area contributed by atoms with Crippen molar-refractivity contribution in [3.05, 3.63) is 73.9 Å². The molecule has 0 saturated carbocycles. The average Bonchev–Trinajstić information content (AvgIpc) is 3.18. The Morgan fingerprint density at radius 1 is 1.09 bits per heavy atom. The molecule has 3 aromatic rings. The first-order chi connectivity index (χ1) is 16.1. The molecule has 8 heteroatoms. The van der Waals surface area contributed by atoms with Gasteiger partial charge < -0.3 is 4.74 Å². The van der Waals surface area contributed by atoms with Gasteiger partial charge in [0, 0.05) is 50.6 Å². The van der Waals surface area contributed by atoms with E-state index >= 15 is 0 Å². The average molecular weight is 559 g/mol. The Morgan fingerprint density at radius 2 is 1.88 bits per heavy atom. The summed E-state index contributed by atoms with van der Waals surface area (Å²) in [5, 5.41) is 10.4. The maximum atomic E-state index is 14.6. The Hall–Kier alpha value is -2.46. The van der Waals surface area contributed by atoms with Gasteiger partial charge in [0.1, 0.15) is 11.6 Å². The lowest BCUT2D eigenvalue weighted by Crippen LogP contribution is -2.33. The number of methoxy groups -OCH3 is 1. The lowest BCUT2D eigenvalue weighted by Gasteiger charge is -2.31. The van der Waals surface area contributed by atoms with Gasteiger partial charge in [0.25, 0.3) is 0 Å². The van der Waals surface area contributed by atoms with Crippen molar-refractivity contribution in [3.8, 4) is 5.75 Å². The fraction of sp³-hybridized carbons (Fsp3) is 0.360. The lowest BCUT2D eigenvalue weighted by molar-refractivity contribution is 0.198. The standard InChI is InChI=1S/C25H27FIN5O/c1-16-23-17(2)32(21-8-5-4-7-19(21)26)27-24(23)25(30-29-16)18-10-13-31(14-11-18)15-20-22(33-3)9-6-12-28-20/h4-9,12,18H,10-11,13-15H2,1-3H3. The molecule has 0 spiro atoms. The molecule has 0 atom stereocenters. The van der Waals surface area contributed by atoms with Crippen molar-refractivity contribution in [3.63, 3.8) is 0 Å². The summed E-state index contributed by atoms with van der Waals surface area (Å²) >= 11 is -0.589. The number of aryl methyl sites for hydroxylation is 1. The van der Waals surface area contributed by atoms with Gasteiger partial charge in [-0.3, -0.25) is 13.0 Å². The SMILES string of the molecule is COc1cccnc1CN1CCC(c2nnc(C)c3c2=IN(c2ccccc2F)C=3C)CC1. The highest BCUT2D eigenvalue weighted by Gasteiger charge is 2.27.